The molecule has 2 atom stereocenters. The third-order valence-corrected chi connectivity index (χ3v) is 12.3. The molecule has 0 saturated carbocycles. The quantitative estimate of drug-likeness (QED) is 0.144. The van der Waals surface area contributed by atoms with Gasteiger partial charge < -0.3 is 23.0 Å². The van der Waals surface area contributed by atoms with Crippen molar-refractivity contribution >= 4 is 25.1 Å². The van der Waals surface area contributed by atoms with Gasteiger partial charge in [-0.15, -0.1) is 0 Å². The van der Waals surface area contributed by atoms with Gasteiger partial charge in [-0.05, 0) is 67.0 Å². The number of benzene rings is 2. The van der Waals surface area contributed by atoms with Crippen LogP contribution < -0.4 is 4.74 Å². The molecule has 0 bridgehead atoms. The zero-order valence-electron chi connectivity index (χ0n) is 24.2. The Hall–Kier alpha value is -3.36. The Labute approximate surface area is 232 Å². The highest BCUT2D eigenvalue weighted by atomic mass is 28.4. The minimum absolute atomic E-state index is 0.0735. The number of esters is 1. The van der Waals surface area contributed by atoms with E-state index < -0.39 is 14.3 Å². The Morgan fingerprint density at radius 1 is 1.05 bits per heavy atom. The molecule has 0 fully saturated rings. The van der Waals surface area contributed by atoms with E-state index in [4.69, 9.17) is 13.9 Å². The molecule has 0 aliphatic rings. The van der Waals surface area contributed by atoms with Crippen LogP contribution in [0.3, 0.4) is 0 Å². The predicted molar refractivity (Wildman–Crippen MR) is 158 cm³/mol. The number of rotatable bonds is 11. The van der Waals surface area contributed by atoms with E-state index in [0.717, 1.165) is 22.2 Å². The first-order chi connectivity index (χ1) is 18.5. The summed E-state index contributed by atoms with van der Waals surface area (Å²) in [6.07, 6.45) is 8.07. The summed E-state index contributed by atoms with van der Waals surface area (Å²) in [7, 11) is -2.04. The topological polar surface area (TPSA) is 67.5 Å². The molecule has 4 aromatic rings. The number of imidazole rings is 1. The third kappa shape index (κ3) is 6.62. The summed E-state index contributed by atoms with van der Waals surface area (Å²) in [5.41, 5.74) is 1.29. The van der Waals surface area contributed by atoms with E-state index in [0.29, 0.717) is 25.3 Å². The summed E-state index contributed by atoms with van der Waals surface area (Å²) in [5.74, 6) is 0.399. The average molecular weight is 548 g/mol. The fraction of sp³-hybridized carbons (Fsp3) is 0.419. The molecule has 0 amide bonds. The standard InChI is InChI=1S/C31H41N3O4Si/c1-8-36-30(35)26-21-34(22-32-26)27(23(2)38-39(6,7)31(3,4)5)15-18-37-29-20-25-14-10-9-13-24(25)19-28(29)33-16-11-12-17-33/h9-14,16-17,19-23,27H,8,15,18H2,1-7H3/t23-,27+/m0/s1. The number of hydrogen-bond donors (Lipinski definition) is 0. The van der Waals surface area contributed by atoms with Gasteiger partial charge in [0.2, 0.25) is 0 Å². The van der Waals surface area contributed by atoms with Crippen molar-refractivity contribution in [2.45, 2.75) is 71.3 Å². The Kier molecular flexibility index (Phi) is 8.66. The maximum atomic E-state index is 12.3. The van der Waals surface area contributed by atoms with E-state index >= 15 is 0 Å². The van der Waals surface area contributed by atoms with Crippen LogP contribution in [-0.2, 0) is 9.16 Å². The van der Waals surface area contributed by atoms with Crippen LogP contribution >= 0.6 is 0 Å². The monoisotopic (exact) mass is 547 g/mol. The second-order valence-electron chi connectivity index (χ2n) is 11.5. The first-order valence-corrected chi connectivity index (χ1v) is 16.6. The fourth-order valence-electron chi connectivity index (χ4n) is 4.48. The van der Waals surface area contributed by atoms with Gasteiger partial charge in [-0.3, -0.25) is 0 Å². The smallest absolute Gasteiger partial charge is 0.358 e. The lowest BCUT2D eigenvalue weighted by Gasteiger charge is -2.40. The summed E-state index contributed by atoms with van der Waals surface area (Å²) in [5, 5.41) is 2.36. The molecule has 0 radical (unpaired) electrons. The van der Waals surface area contributed by atoms with Crippen LogP contribution in [0.5, 0.6) is 5.75 Å². The van der Waals surface area contributed by atoms with Gasteiger partial charge in [0.15, 0.2) is 14.0 Å². The Morgan fingerprint density at radius 3 is 2.36 bits per heavy atom. The van der Waals surface area contributed by atoms with Crippen molar-refractivity contribution in [3.8, 4) is 11.4 Å². The van der Waals surface area contributed by atoms with Gasteiger partial charge in [0.1, 0.15) is 5.75 Å². The molecule has 2 aromatic carbocycles. The summed E-state index contributed by atoms with van der Waals surface area (Å²) in [4.78, 5) is 16.6. The molecule has 0 spiro atoms. The van der Waals surface area contributed by atoms with Gasteiger partial charge in [0.05, 0.1) is 37.4 Å². The first kappa shape index (κ1) is 28.6. The zero-order chi connectivity index (χ0) is 28.2. The molecule has 0 unspecified atom stereocenters. The van der Waals surface area contributed by atoms with Crippen molar-refractivity contribution in [2.75, 3.05) is 13.2 Å². The SMILES string of the molecule is CCOC(=O)c1cn([C@H](CCOc2cc3ccccc3cc2-n2cccc2)[C@H](C)O[Si](C)(C)C(C)(C)C)cn1. The lowest BCUT2D eigenvalue weighted by molar-refractivity contribution is 0.0519. The number of carbonyl (C=O) groups excluding carboxylic acids is 1. The summed E-state index contributed by atoms with van der Waals surface area (Å²) in [6, 6.07) is 16.5. The zero-order valence-corrected chi connectivity index (χ0v) is 25.2. The second-order valence-corrected chi connectivity index (χ2v) is 16.2. The van der Waals surface area contributed by atoms with Gasteiger partial charge in [-0.2, -0.15) is 0 Å². The van der Waals surface area contributed by atoms with Crippen LogP contribution in [0.4, 0.5) is 0 Å². The number of carbonyl (C=O) groups is 1. The summed E-state index contributed by atoms with van der Waals surface area (Å²) in [6.45, 7) is 15.9. The Morgan fingerprint density at radius 2 is 1.72 bits per heavy atom. The van der Waals surface area contributed by atoms with Crippen molar-refractivity contribution in [1.29, 1.82) is 0 Å². The third-order valence-electron chi connectivity index (χ3n) is 7.68. The number of nitrogens with zero attached hydrogens (tertiary/aromatic N) is 3. The normalized spacial score (nSPS) is 13.8. The lowest BCUT2D eigenvalue weighted by Crippen LogP contribution is -2.45. The van der Waals surface area contributed by atoms with Crippen LogP contribution in [0, 0.1) is 0 Å². The summed E-state index contributed by atoms with van der Waals surface area (Å²) >= 11 is 0. The maximum absolute atomic E-state index is 12.3. The molecule has 208 valence electrons. The van der Waals surface area contributed by atoms with Gasteiger partial charge in [0.25, 0.3) is 0 Å². The first-order valence-electron chi connectivity index (χ1n) is 13.7. The number of hydrogen-bond acceptors (Lipinski definition) is 5. The highest BCUT2D eigenvalue weighted by molar-refractivity contribution is 6.74. The van der Waals surface area contributed by atoms with Crippen LogP contribution in [0.15, 0.2) is 73.4 Å². The molecule has 39 heavy (non-hydrogen) atoms. The van der Waals surface area contributed by atoms with E-state index in [1.807, 2.05) is 41.2 Å². The Balaban J connectivity index is 1.59. The largest absolute Gasteiger partial charge is 0.491 e. The highest BCUT2D eigenvalue weighted by Gasteiger charge is 2.40. The van der Waals surface area contributed by atoms with Crippen LogP contribution in [-0.4, -0.2) is 47.7 Å². The molecule has 0 N–H and O–H groups in total. The van der Waals surface area contributed by atoms with Crippen molar-refractivity contribution in [3.05, 3.63) is 79.1 Å². The molecule has 0 aliphatic heterocycles. The van der Waals surface area contributed by atoms with Crippen molar-refractivity contribution in [2.24, 2.45) is 0 Å². The van der Waals surface area contributed by atoms with Gasteiger partial charge in [0, 0.05) is 25.0 Å². The van der Waals surface area contributed by atoms with E-state index in [-0.39, 0.29) is 17.2 Å². The van der Waals surface area contributed by atoms with Crippen LogP contribution in [0.2, 0.25) is 18.1 Å². The molecule has 0 saturated heterocycles. The molecule has 8 heteroatoms. The lowest BCUT2D eigenvalue weighted by atomic mass is 10.1. The number of ether oxygens (including phenoxy) is 2. The van der Waals surface area contributed by atoms with Gasteiger partial charge >= 0.3 is 5.97 Å². The highest BCUT2D eigenvalue weighted by Crippen LogP contribution is 2.39. The molecule has 0 aliphatic carbocycles. The van der Waals surface area contributed by atoms with Crippen molar-refractivity contribution in [1.82, 2.24) is 14.1 Å². The molecule has 2 aromatic heterocycles. The van der Waals surface area contributed by atoms with Crippen LogP contribution in [0.25, 0.3) is 16.5 Å². The predicted octanol–water partition coefficient (Wildman–Crippen LogP) is 7.42. The van der Waals surface area contributed by atoms with Gasteiger partial charge in [-0.25, -0.2) is 9.78 Å². The van der Waals surface area contributed by atoms with Crippen molar-refractivity contribution < 1.29 is 18.7 Å². The van der Waals surface area contributed by atoms with E-state index in [1.54, 1.807) is 19.4 Å². The van der Waals surface area contributed by atoms with E-state index in [1.165, 1.54) is 0 Å². The van der Waals surface area contributed by atoms with E-state index in [9.17, 15) is 4.79 Å². The van der Waals surface area contributed by atoms with Crippen molar-refractivity contribution in [3.63, 3.8) is 0 Å². The van der Waals surface area contributed by atoms with E-state index in [2.05, 4.69) is 74.6 Å². The molecular weight excluding hydrogens is 506 g/mol. The molecule has 2 heterocycles. The molecule has 7 nitrogen and oxygen atoms in total. The summed E-state index contributed by atoms with van der Waals surface area (Å²) < 4.78 is 22.5. The minimum Gasteiger partial charge on any atom is -0.491 e. The average Bonchev–Trinajstić information content (AvgIpc) is 3.58. The van der Waals surface area contributed by atoms with Gasteiger partial charge in [-0.1, -0.05) is 45.0 Å². The maximum Gasteiger partial charge on any atom is 0.358 e. The second kappa shape index (κ2) is 11.8. The minimum atomic E-state index is -2.04. The number of fused-ring (bicyclic) bond motifs is 1. The Bertz CT molecular complexity index is 1390. The molecule has 4 rings (SSSR count). The fourth-order valence-corrected chi connectivity index (χ4v) is 5.92. The van der Waals surface area contributed by atoms with Crippen LogP contribution in [0.1, 0.15) is 57.6 Å². The number of aromatic nitrogens is 3. The molecular formula is C31H41N3O4Si.